The van der Waals surface area contributed by atoms with E-state index in [0.717, 1.165) is 28.2 Å². The van der Waals surface area contributed by atoms with Crippen LogP contribution >= 0.6 is 0 Å². The number of fused-ring (bicyclic) bond motifs is 1. The predicted octanol–water partition coefficient (Wildman–Crippen LogP) is 5.09. The molecule has 1 atom stereocenters. The second kappa shape index (κ2) is 7.64. The largest absolute Gasteiger partial charge is 0.507 e. The third-order valence-electron chi connectivity index (χ3n) is 4.91. The zero-order valence-electron chi connectivity index (χ0n) is 15.8. The molecule has 142 valence electrons. The summed E-state index contributed by atoms with van der Waals surface area (Å²) in [6.45, 7) is 0. The molecule has 0 aliphatic carbocycles. The lowest BCUT2D eigenvalue weighted by Gasteiger charge is -2.21. The Morgan fingerprint density at radius 3 is 2.46 bits per heavy atom. The SMILES string of the molecule is COc1ccc(C2CC(c3ccccc3O)=Nc3ccccc3N2)cc1OC. The second-order valence-corrected chi connectivity index (χ2v) is 6.61. The molecule has 0 aromatic heterocycles. The zero-order chi connectivity index (χ0) is 19.5. The molecule has 4 rings (SSSR count). The van der Waals surface area contributed by atoms with Gasteiger partial charge < -0.3 is 19.9 Å². The summed E-state index contributed by atoms with van der Waals surface area (Å²) in [5.41, 5.74) is 4.43. The minimum absolute atomic E-state index is 0.0400. The van der Waals surface area contributed by atoms with E-state index >= 15 is 0 Å². The van der Waals surface area contributed by atoms with Crippen molar-refractivity contribution in [1.82, 2.24) is 0 Å². The van der Waals surface area contributed by atoms with Crippen molar-refractivity contribution in [1.29, 1.82) is 0 Å². The molecular formula is C23H22N2O3. The van der Waals surface area contributed by atoms with Gasteiger partial charge in [-0.25, -0.2) is 0 Å². The first kappa shape index (κ1) is 17.9. The molecule has 1 aliphatic heterocycles. The number of aliphatic imine (C=N–C) groups is 1. The van der Waals surface area contributed by atoms with Gasteiger partial charge in [0.05, 0.1) is 37.3 Å². The Balaban J connectivity index is 1.80. The Labute approximate surface area is 164 Å². The number of aromatic hydroxyl groups is 1. The number of rotatable bonds is 4. The van der Waals surface area contributed by atoms with E-state index in [0.29, 0.717) is 17.9 Å². The summed E-state index contributed by atoms with van der Waals surface area (Å²) >= 11 is 0. The summed E-state index contributed by atoms with van der Waals surface area (Å²) in [5, 5.41) is 14.0. The summed E-state index contributed by atoms with van der Waals surface area (Å²) in [6.07, 6.45) is 0.613. The van der Waals surface area contributed by atoms with Crippen molar-refractivity contribution in [2.45, 2.75) is 12.5 Å². The van der Waals surface area contributed by atoms with Crippen molar-refractivity contribution >= 4 is 17.1 Å². The van der Waals surface area contributed by atoms with Crippen LogP contribution in [-0.2, 0) is 0 Å². The molecule has 0 saturated carbocycles. The van der Waals surface area contributed by atoms with E-state index in [9.17, 15) is 5.11 Å². The van der Waals surface area contributed by atoms with Gasteiger partial charge in [-0.1, -0.05) is 30.3 Å². The summed E-state index contributed by atoms with van der Waals surface area (Å²) in [4.78, 5) is 4.86. The molecule has 0 amide bonds. The third kappa shape index (κ3) is 3.39. The van der Waals surface area contributed by atoms with Gasteiger partial charge in [-0.15, -0.1) is 0 Å². The number of ether oxygens (including phenoxy) is 2. The first-order valence-corrected chi connectivity index (χ1v) is 9.13. The number of phenols is 1. The Morgan fingerprint density at radius 2 is 1.68 bits per heavy atom. The molecule has 0 bridgehead atoms. The maximum Gasteiger partial charge on any atom is 0.161 e. The Morgan fingerprint density at radius 1 is 0.929 bits per heavy atom. The highest BCUT2D eigenvalue weighted by Gasteiger charge is 2.23. The van der Waals surface area contributed by atoms with Crippen molar-refractivity contribution in [3.05, 3.63) is 77.9 Å². The molecule has 28 heavy (non-hydrogen) atoms. The molecule has 2 N–H and O–H groups in total. The third-order valence-corrected chi connectivity index (χ3v) is 4.91. The molecule has 5 heteroatoms. The number of methoxy groups -OCH3 is 2. The smallest absolute Gasteiger partial charge is 0.161 e. The number of hydrogen-bond acceptors (Lipinski definition) is 5. The molecule has 3 aromatic rings. The van der Waals surface area contributed by atoms with Crippen molar-refractivity contribution < 1.29 is 14.6 Å². The van der Waals surface area contributed by atoms with Crippen LogP contribution in [0.3, 0.4) is 0 Å². The molecule has 0 fully saturated rings. The van der Waals surface area contributed by atoms with Gasteiger partial charge in [-0.3, -0.25) is 4.99 Å². The number of hydrogen-bond donors (Lipinski definition) is 2. The first-order chi connectivity index (χ1) is 13.7. The number of nitrogens with one attached hydrogen (secondary N) is 1. The van der Waals surface area contributed by atoms with Crippen molar-refractivity contribution in [2.75, 3.05) is 19.5 Å². The highest BCUT2D eigenvalue weighted by molar-refractivity contribution is 6.06. The molecule has 0 spiro atoms. The van der Waals surface area contributed by atoms with E-state index in [4.69, 9.17) is 14.5 Å². The molecule has 0 saturated heterocycles. The van der Waals surface area contributed by atoms with Crippen LogP contribution in [0.15, 0.2) is 71.7 Å². The lowest BCUT2D eigenvalue weighted by Crippen LogP contribution is -2.14. The quantitative estimate of drug-likeness (QED) is 0.668. The van der Waals surface area contributed by atoms with Crippen LogP contribution < -0.4 is 14.8 Å². The molecule has 0 radical (unpaired) electrons. The highest BCUT2D eigenvalue weighted by atomic mass is 16.5. The monoisotopic (exact) mass is 374 g/mol. The molecule has 3 aromatic carbocycles. The van der Waals surface area contributed by atoms with Gasteiger partial charge in [0, 0.05) is 12.0 Å². The average molecular weight is 374 g/mol. The Kier molecular flexibility index (Phi) is 4.89. The number of phenolic OH excluding ortho intramolecular Hbond substituents is 1. The van der Waals surface area contributed by atoms with Crippen LogP contribution in [0.2, 0.25) is 0 Å². The molecular weight excluding hydrogens is 352 g/mol. The minimum Gasteiger partial charge on any atom is -0.507 e. The Hall–Kier alpha value is -3.47. The first-order valence-electron chi connectivity index (χ1n) is 9.13. The van der Waals surface area contributed by atoms with Crippen LogP contribution in [-0.4, -0.2) is 25.0 Å². The van der Waals surface area contributed by atoms with Gasteiger partial charge in [0.2, 0.25) is 0 Å². The van der Waals surface area contributed by atoms with Crippen LogP contribution in [0, 0.1) is 0 Å². The maximum atomic E-state index is 10.4. The van der Waals surface area contributed by atoms with E-state index in [-0.39, 0.29) is 11.8 Å². The van der Waals surface area contributed by atoms with E-state index in [1.54, 1.807) is 20.3 Å². The van der Waals surface area contributed by atoms with Crippen LogP contribution in [0.25, 0.3) is 0 Å². The maximum absolute atomic E-state index is 10.4. The molecule has 1 unspecified atom stereocenters. The molecule has 5 nitrogen and oxygen atoms in total. The lowest BCUT2D eigenvalue weighted by molar-refractivity contribution is 0.354. The summed E-state index contributed by atoms with van der Waals surface area (Å²) in [7, 11) is 3.26. The molecule has 1 aliphatic rings. The Bertz CT molecular complexity index is 1030. The minimum atomic E-state index is -0.0400. The fourth-order valence-corrected chi connectivity index (χ4v) is 3.47. The zero-order valence-corrected chi connectivity index (χ0v) is 15.8. The van der Waals surface area contributed by atoms with Gasteiger partial charge in [0.25, 0.3) is 0 Å². The standard InChI is InChI=1S/C23H22N2O3/c1-27-22-12-11-15(13-23(22)28-2)19-14-20(16-7-3-6-10-21(16)26)25-18-9-5-4-8-17(18)24-19/h3-13,19,24,26H,14H2,1-2H3. The van der Waals surface area contributed by atoms with Crippen LogP contribution in [0.5, 0.6) is 17.2 Å². The fourth-order valence-electron chi connectivity index (χ4n) is 3.47. The summed E-state index contributed by atoms with van der Waals surface area (Å²) < 4.78 is 10.8. The van der Waals surface area contributed by atoms with Crippen molar-refractivity contribution in [3.8, 4) is 17.2 Å². The lowest BCUT2D eigenvalue weighted by atomic mass is 9.96. The number of para-hydroxylation sites is 3. The normalized spacial score (nSPS) is 15.6. The number of anilines is 1. The number of nitrogens with zero attached hydrogens (tertiary/aromatic N) is 1. The van der Waals surface area contributed by atoms with Crippen molar-refractivity contribution in [2.24, 2.45) is 4.99 Å². The van der Waals surface area contributed by atoms with Gasteiger partial charge >= 0.3 is 0 Å². The number of benzene rings is 3. The van der Waals surface area contributed by atoms with Crippen molar-refractivity contribution in [3.63, 3.8) is 0 Å². The van der Waals surface area contributed by atoms with E-state index in [1.165, 1.54) is 0 Å². The van der Waals surface area contributed by atoms with Crippen LogP contribution in [0.1, 0.15) is 23.6 Å². The topological polar surface area (TPSA) is 63.1 Å². The van der Waals surface area contributed by atoms with E-state index in [2.05, 4.69) is 5.32 Å². The summed E-state index contributed by atoms with van der Waals surface area (Å²) in [5.74, 6) is 1.60. The van der Waals surface area contributed by atoms with E-state index < -0.39 is 0 Å². The average Bonchev–Trinajstić information content (AvgIpc) is 2.93. The van der Waals surface area contributed by atoms with Gasteiger partial charge in [0.1, 0.15) is 5.75 Å². The predicted molar refractivity (Wildman–Crippen MR) is 111 cm³/mol. The highest BCUT2D eigenvalue weighted by Crippen LogP contribution is 2.38. The van der Waals surface area contributed by atoms with Gasteiger partial charge in [-0.05, 0) is 42.0 Å². The van der Waals surface area contributed by atoms with Gasteiger partial charge in [-0.2, -0.15) is 0 Å². The second-order valence-electron chi connectivity index (χ2n) is 6.61. The fraction of sp³-hybridized carbons (Fsp3) is 0.174. The van der Waals surface area contributed by atoms with Gasteiger partial charge in [0.15, 0.2) is 11.5 Å². The van der Waals surface area contributed by atoms with E-state index in [1.807, 2.05) is 60.7 Å². The molecule has 1 heterocycles. The van der Waals surface area contributed by atoms with Crippen LogP contribution in [0.4, 0.5) is 11.4 Å². The summed E-state index contributed by atoms with van der Waals surface area (Å²) in [6, 6.07) is 21.1.